The molecule has 0 fully saturated rings. The van der Waals surface area contributed by atoms with Gasteiger partial charge in [-0.3, -0.25) is 10.1 Å². The van der Waals surface area contributed by atoms with Crippen LogP contribution in [0.2, 0.25) is 0 Å². The van der Waals surface area contributed by atoms with E-state index in [1.165, 1.54) is 11.3 Å². The van der Waals surface area contributed by atoms with Crippen LogP contribution in [-0.4, -0.2) is 16.1 Å². The van der Waals surface area contributed by atoms with Gasteiger partial charge in [0, 0.05) is 15.5 Å². The Morgan fingerprint density at radius 1 is 1.24 bits per heavy atom. The molecule has 2 aromatic heterocycles. The van der Waals surface area contributed by atoms with Gasteiger partial charge >= 0.3 is 0 Å². The Kier molecular flexibility index (Phi) is 2.58. The van der Waals surface area contributed by atoms with E-state index >= 15 is 0 Å². The lowest BCUT2D eigenvalue weighted by molar-refractivity contribution is 0.102. The van der Waals surface area contributed by atoms with Crippen molar-refractivity contribution in [3.8, 4) is 0 Å². The van der Waals surface area contributed by atoms with Crippen LogP contribution in [0.15, 0.2) is 35.2 Å². The number of fused-ring (bicyclic) bond motifs is 1. The van der Waals surface area contributed by atoms with Gasteiger partial charge in [0.2, 0.25) is 5.13 Å². The van der Waals surface area contributed by atoms with Crippen LogP contribution in [0.25, 0.3) is 10.1 Å². The monoisotopic (exact) mass is 261 g/mol. The maximum absolute atomic E-state index is 12.0. The van der Waals surface area contributed by atoms with Crippen molar-refractivity contribution >= 4 is 43.8 Å². The van der Waals surface area contributed by atoms with E-state index in [4.69, 9.17) is 0 Å². The third-order valence-electron chi connectivity index (χ3n) is 2.31. The first-order chi connectivity index (χ1) is 8.34. The number of carbonyl (C=O) groups excluding carboxylic acids is 1. The summed E-state index contributed by atoms with van der Waals surface area (Å²) < 4.78 is 1.11. The Labute approximate surface area is 105 Å². The van der Waals surface area contributed by atoms with Gasteiger partial charge in [0.25, 0.3) is 5.91 Å². The summed E-state index contributed by atoms with van der Waals surface area (Å²) in [5.41, 5.74) is 2.27. The smallest absolute Gasteiger partial charge is 0.258 e. The zero-order valence-electron chi connectivity index (χ0n) is 8.58. The van der Waals surface area contributed by atoms with Crippen LogP contribution in [-0.2, 0) is 0 Å². The number of nitrogens with one attached hydrogen (secondary N) is 1. The fourth-order valence-electron chi connectivity index (χ4n) is 1.55. The molecule has 17 heavy (non-hydrogen) atoms. The topological polar surface area (TPSA) is 54.9 Å². The first kappa shape index (κ1) is 10.4. The Morgan fingerprint density at radius 3 is 2.94 bits per heavy atom. The first-order valence-electron chi connectivity index (χ1n) is 4.88. The highest BCUT2D eigenvalue weighted by Gasteiger charge is 2.12. The number of rotatable bonds is 2. The Bertz CT molecular complexity index is 660. The molecule has 1 N–H and O–H groups in total. The largest absolute Gasteiger partial charge is 0.296 e. The molecule has 0 bridgehead atoms. The van der Waals surface area contributed by atoms with E-state index in [0.29, 0.717) is 10.7 Å². The lowest BCUT2D eigenvalue weighted by Crippen LogP contribution is -2.10. The van der Waals surface area contributed by atoms with Crippen LogP contribution in [0.3, 0.4) is 0 Å². The zero-order valence-corrected chi connectivity index (χ0v) is 10.2. The van der Waals surface area contributed by atoms with Crippen LogP contribution < -0.4 is 5.32 Å². The fourth-order valence-corrected chi connectivity index (χ4v) is 2.93. The predicted octanol–water partition coefficient (Wildman–Crippen LogP) is 3.01. The van der Waals surface area contributed by atoms with Gasteiger partial charge in [0.15, 0.2) is 0 Å². The zero-order chi connectivity index (χ0) is 11.7. The van der Waals surface area contributed by atoms with Crippen LogP contribution in [0.4, 0.5) is 5.13 Å². The molecule has 0 radical (unpaired) electrons. The van der Waals surface area contributed by atoms with E-state index in [1.807, 2.05) is 29.6 Å². The second-order valence-electron chi connectivity index (χ2n) is 3.34. The second-order valence-corrected chi connectivity index (χ2v) is 5.09. The van der Waals surface area contributed by atoms with Crippen molar-refractivity contribution in [3.05, 3.63) is 40.7 Å². The van der Waals surface area contributed by atoms with Gasteiger partial charge in [-0.1, -0.05) is 29.5 Å². The molecule has 0 aliphatic rings. The summed E-state index contributed by atoms with van der Waals surface area (Å²) in [6.07, 6.45) is 0. The predicted molar refractivity (Wildman–Crippen MR) is 69.7 cm³/mol. The molecule has 2 heterocycles. The lowest BCUT2D eigenvalue weighted by atomic mass is 10.2. The molecule has 0 aliphatic heterocycles. The minimum atomic E-state index is -0.140. The molecule has 0 aliphatic carbocycles. The number of aromatic nitrogens is 2. The SMILES string of the molecule is O=C(Nc1nncs1)c1csc2ccccc12. The third kappa shape index (κ3) is 1.92. The maximum Gasteiger partial charge on any atom is 0.258 e. The van der Waals surface area contributed by atoms with E-state index in [0.717, 1.165) is 10.1 Å². The molecular weight excluding hydrogens is 254 g/mol. The summed E-state index contributed by atoms with van der Waals surface area (Å²) in [6, 6.07) is 7.84. The standard InChI is InChI=1S/C11H7N3OS2/c15-10(13-11-14-12-6-17-11)8-5-16-9-4-2-1-3-7(8)9/h1-6H,(H,13,14,15). The lowest BCUT2D eigenvalue weighted by Gasteiger charge is -1.99. The van der Waals surface area contributed by atoms with Crippen LogP contribution in [0.1, 0.15) is 10.4 Å². The van der Waals surface area contributed by atoms with Gasteiger partial charge in [0.1, 0.15) is 5.51 Å². The number of amides is 1. The number of nitrogens with zero attached hydrogens (tertiary/aromatic N) is 2. The van der Waals surface area contributed by atoms with E-state index in [1.54, 1.807) is 16.8 Å². The van der Waals surface area contributed by atoms with Gasteiger partial charge in [-0.15, -0.1) is 21.5 Å². The Balaban J connectivity index is 1.96. The molecule has 84 valence electrons. The fraction of sp³-hybridized carbons (Fsp3) is 0. The summed E-state index contributed by atoms with van der Waals surface area (Å²) in [4.78, 5) is 12.0. The number of benzene rings is 1. The maximum atomic E-state index is 12.0. The van der Waals surface area contributed by atoms with Crippen molar-refractivity contribution in [2.45, 2.75) is 0 Å². The average molecular weight is 261 g/mol. The highest BCUT2D eigenvalue weighted by molar-refractivity contribution is 7.17. The molecule has 1 aromatic carbocycles. The van der Waals surface area contributed by atoms with E-state index in [2.05, 4.69) is 15.5 Å². The molecule has 3 rings (SSSR count). The summed E-state index contributed by atoms with van der Waals surface area (Å²) in [6.45, 7) is 0. The number of hydrogen-bond donors (Lipinski definition) is 1. The molecule has 3 aromatic rings. The summed E-state index contributed by atoms with van der Waals surface area (Å²) >= 11 is 2.86. The molecule has 1 amide bonds. The first-order valence-corrected chi connectivity index (χ1v) is 6.64. The number of carbonyl (C=O) groups is 1. The number of anilines is 1. The minimum Gasteiger partial charge on any atom is -0.296 e. The van der Waals surface area contributed by atoms with Crippen molar-refractivity contribution in [2.24, 2.45) is 0 Å². The average Bonchev–Trinajstić information content (AvgIpc) is 2.96. The van der Waals surface area contributed by atoms with Crippen molar-refractivity contribution in [1.82, 2.24) is 10.2 Å². The van der Waals surface area contributed by atoms with Crippen LogP contribution in [0.5, 0.6) is 0 Å². The van der Waals surface area contributed by atoms with Gasteiger partial charge < -0.3 is 0 Å². The molecule has 0 saturated heterocycles. The summed E-state index contributed by atoms with van der Waals surface area (Å²) in [5, 5.41) is 13.5. The molecule has 4 nitrogen and oxygen atoms in total. The number of hydrogen-bond acceptors (Lipinski definition) is 5. The van der Waals surface area contributed by atoms with Gasteiger partial charge in [-0.05, 0) is 6.07 Å². The molecule has 0 atom stereocenters. The van der Waals surface area contributed by atoms with Gasteiger partial charge in [0.05, 0.1) is 5.56 Å². The van der Waals surface area contributed by atoms with Crippen molar-refractivity contribution < 1.29 is 4.79 Å². The summed E-state index contributed by atoms with van der Waals surface area (Å²) in [7, 11) is 0. The quantitative estimate of drug-likeness (QED) is 0.771. The van der Waals surface area contributed by atoms with E-state index < -0.39 is 0 Å². The van der Waals surface area contributed by atoms with Gasteiger partial charge in [-0.2, -0.15) is 0 Å². The van der Waals surface area contributed by atoms with E-state index in [-0.39, 0.29) is 5.91 Å². The highest BCUT2D eigenvalue weighted by atomic mass is 32.1. The molecule has 6 heteroatoms. The molecule has 0 unspecified atom stereocenters. The van der Waals surface area contributed by atoms with Gasteiger partial charge in [-0.25, -0.2) is 0 Å². The second kappa shape index (κ2) is 4.23. The third-order valence-corrected chi connectivity index (χ3v) is 3.88. The van der Waals surface area contributed by atoms with E-state index in [9.17, 15) is 4.79 Å². The molecule has 0 spiro atoms. The summed E-state index contributed by atoms with van der Waals surface area (Å²) in [5.74, 6) is -0.140. The minimum absolute atomic E-state index is 0.140. The van der Waals surface area contributed by atoms with Crippen molar-refractivity contribution in [2.75, 3.05) is 5.32 Å². The number of thiophene rings is 1. The van der Waals surface area contributed by atoms with Crippen LogP contribution in [0, 0.1) is 0 Å². The molecule has 0 saturated carbocycles. The highest BCUT2D eigenvalue weighted by Crippen LogP contribution is 2.26. The van der Waals surface area contributed by atoms with Crippen molar-refractivity contribution in [3.63, 3.8) is 0 Å². The Morgan fingerprint density at radius 2 is 2.12 bits per heavy atom. The van der Waals surface area contributed by atoms with Crippen molar-refractivity contribution in [1.29, 1.82) is 0 Å². The normalized spacial score (nSPS) is 10.6. The molecular formula is C11H7N3OS2. The van der Waals surface area contributed by atoms with Crippen LogP contribution >= 0.6 is 22.7 Å². The Hall–Kier alpha value is -1.79.